The number of benzene rings is 1. The number of nitrogens with one attached hydrogen (secondary N) is 2. The lowest BCUT2D eigenvalue weighted by Crippen LogP contribution is -2.40. The van der Waals surface area contributed by atoms with Gasteiger partial charge in [0.1, 0.15) is 0 Å². The van der Waals surface area contributed by atoms with Crippen LogP contribution in [0.5, 0.6) is 0 Å². The van der Waals surface area contributed by atoms with E-state index in [2.05, 4.69) is 38.7 Å². The van der Waals surface area contributed by atoms with Gasteiger partial charge in [0.15, 0.2) is 5.96 Å². The first-order valence-electron chi connectivity index (χ1n) is 10.7. The number of rotatable bonds is 11. The van der Waals surface area contributed by atoms with Crippen LogP contribution >= 0.6 is 0 Å². The second-order valence-corrected chi connectivity index (χ2v) is 9.29. The fourth-order valence-corrected chi connectivity index (χ4v) is 4.80. The maximum absolute atomic E-state index is 12.4. The normalized spacial score (nSPS) is 17.7. The Morgan fingerprint density at radius 3 is 2.77 bits per heavy atom. The second kappa shape index (κ2) is 12.2. The van der Waals surface area contributed by atoms with Crippen molar-refractivity contribution in [2.24, 2.45) is 10.9 Å². The van der Waals surface area contributed by atoms with E-state index in [0.717, 1.165) is 50.7 Å². The lowest BCUT2D eigenvalue weighted by Gasteiger charge is -2.24. The van der Waals surface area contributed by atoms with Gasteiger partial charge in [0.05, 0.1) is 11.5 Å². The number of methoxy groups -OCH3 is 1. The molecule has 8 nitrogen and oxygen atoms in total. The first kappa shape index (κ1) is 24.6. The predicted octanol–water partition coefficient (Wildman–Crippen LogP) is 1.35. The van der Waals surface area contributed by atoms with Crippen LogP contribution in [-0.4, -0.2) is 84.2 Å². The number of guanidine groups is 1. The van der Waals surface area contributed by atoms with Crippen LogP contribution in [0.15, 0.2) is 34.2 Å². The Morgan fingerprint density at radius 2 is 2.10 bits per heavy atom. The summed E-state index contributed by atoms with van der Waals surface area (Å²) < 4.78 is 32.3. The first-order chi connectivity index (χ1) is 14.4. The van der Waals surface area contributed by atoms with Gasteiger partial charge in [-0.1, -0.05) is 26.0 Å². The van der Waals surface area contributed by atoms with Crippen LogP contribution in [-0.2, 0) is 21.3 Å². The third-order valence-electron chi connectivity index (χ3n) is 5.47. The molecule has 1 unspecified atom stereocenters. The van der Waals surface area contributed by atoms with Crippen LogP contribution in [0.2, 0.25) is 0 Å². The van der Waals surface area contributed by atoms with Gasteiger partial charge < -0.3 is 19.9 Å². The second-order valence-electron chi connectivity index (χ2n) is 7.53. The standard InChI is InChI=1S/C21H37N5O3S/c1-5-25(6-2)16-19-10-12-26(17-19)21(22-3)23-15-18-8-7-9-20(14-18)30(27,28)24-11-13-29-4/h7-9,14,19,24H,5-6,10-13,15-17H2,1-4H3,(H,22,23). The smallest absolute Gasteiger partial charge is 0.240 e. The number of hydrogen-bond acceptors (Lipinski definition) is 5. The molecule has 2 N–H and O–H groups in total. The molecule has 1 aromatic carbocycles. The van der Waals surface area contributed by atoms with Crippen LogP contribution < -0.4 is 10.0 Å². The molecule has 0 spiro atoms. The summed E-state index contributed by atoms with van der Waals surface area (Å²) in [6, 6.07) is 6.98. The van der Waals surface area contributed by atoms with Crippen molar-refractivity contribution in [2.45, 2.75) is 31.7 Å². The van der Waals surface area contributed by atoms with Crippen molar-refractivity contribution in [3.05, 3.63) is 29.8 Å². The van der Waals surface area contributed by atoms with E-state index in [9.17, 15) is 8.42 Å². The van der Waals surface area contributed by atoms with E-state index in [1.807, 2.05) is 6.07 Å². The molecule has 170 valence electrons. The molecule has 9 heteroatoms. The first-order valence-corrected chi connectivity index (χ1v) is 12.2. The van der Waals surface area contributed by atoms with Gasteiger partial charge in [-0.25, -0.2) is 13.1 Å². The van der Waals surface area contributed by atoms with Gasteiger partial charge in [-0.05, 0) is 43.1 Å². The predicted molar refractivity (Wildman–Crippen MR) is 121 cm³/mol. The fourth-order valence-electron chi connectivity index (χ4n) is 3.72. The molecule has 0 amide bonds. The van der Waals surface area contributed by atoms with Crippen molar-refractivity contribution >= 4 is 16.0 Å². The van der Waals surface area contributed by atoms with Crippen molar-refractivity contribution in [3.63, 3.8) is 0 Å². The maximum Gasteiger partial charge on any atom is 0.240 e. The van der Waals surface area contributed by atoms with Gasteiger partial charge >= 0.3 is 0 Å². The summed E-state index contributed by atoms with van der Waals surface area (Å²) in [6.45, 7) is 10.8. The quantitative estimate of drug-likeness (QED) is 0.308. The van der Waals surface area contributed by atoms with Gasteiger partial charge in [-0.15, -0.1) is 0 Å². The zero-order valence-corrected chi connectivity index (χ0v) is 19.5. The van der Waals surface area contributed by atoms with Crippen molar-refractivity contribution in [2.75, 3.05) is 60.0 Å². The van der Waals surface area contributed by atoms with Crippen molar-refractivity contribution in [1.29, 1.82) is 0 Å². The number of likely N-dealkylation sites (tertiary alicyclic amines) is 1. The van der Waals surface area contributed by atoms with Crippen molar-refractivity contribution < 1.29 is 13.2 Å². The number of hydrogen-bond donors (Lipinski definition) is 2. The van der Waals surface area contributed by atoms with E-state index in [1.54, 1.807) is 32.4 Å². The molecule has 1 aromatic rings. The third-order valence-corrected chi connectivity index (χ3v) is 6.92. The molecule has 0 aliphatic carbocycles. The van der Waals surface area contributed by atoms with E-state index in [1.165, 1.54) is 0 Å². The highest BCUT2D eigenvalue weighted by atomic mass is 32.2. The van der Waals surface area contributed by atoms with Gasteiger partial charge in [0.2, 0.25) is 10.0 Å². The fraction of sp³-hybridized carbons (Fsp3) is 0.667. The molecule has 0 radical (unpaired) electrons. The SMILES string of the molecule is CCN(CC)CC1CCN(C(=NC)NCc2cccc(S(=O)(=O)NCCOC)c2)C1. The summed E-state index contributed by atoms with van der Waals surface area (Å²) in [6.07, 6.45) is 1.16. The minimum absolute atomic E-state index is 0.248. The number of nitrogens with zero attached hydrogens (tertiary/aromatic N) is 3. The Kier molecular flexibility index (Phi) is 10.0. The van der Waals surface area contributed by atoms with Crippen molar-refractivity contribution in [3.8, 4) is 0 Å². The number of sulfonamides is 1. The average Bonchev–Trinajstić information content (AvgIpc) is 3.21. The summed E-state index contributed by atoms with van der Waals surface area (Å²) in [5.74, 6) is 1.51. The minimum atomic E-state index is -3.54. The molecule has 1 atom stereocenters. The summed E-state index contributed by atoms with van der Waals surface area (Å²) in [5.41, 5.74) is 0.893. The molecule has 1 aliphatic rings. The third kappa shape index (κ3) is 7.23. The summed E-state index contributed by atoms with van der Waals surface area (Å²) in [7, 11) is -0.208. The van der Waals surface area contributed by atoms with Gasteiger partial charge in [0, 0.05) is 46.9 Å². The van der Waals surface area contributed by atoms with Crippen molar-refractivity contribution in [1.82, 2.24) is 19.8 Å². The summed E-state index contributed by atoms with van der Waals surface area (Å²) >= 11 is 0. The topological polar surface area (TPSA) is 86.3 Å². The molecule has 1 saturated heterocycles. The largest absolute Gasteiger partial charge is 0.383 e. The monoisotopic (exact) mass is 439 g/mol. The average molecular weight is 440 g/mol. The maximum atomic E-state index is 12.4. The highest BCUT2D eigenvalue weighted by molar-refractivity contribution is 7.89. The Labute approximate surface area is 181 Å². The van der Waals surface area contributed by atoms with Crippen LogP contribution in [0.3, 0.4) is 0 Å². The highest BCUT2D eigenvalue weighted by Gasteiger charge is 2.26. The lowest BCUT2D eigenvalue weighted by molar-refractivity contribution is 0.204. The zero-order valence-electron chi connectivity index (χ0n) is 18.7. The Balaban J connectivity index is 1.93. The van der Waals surface area contributed by atoms with E-state index >= 15 is 0 Å². The summed E-state index contributed by atoms with van der Waals surface area (Å²) in [5, 5.41) is 3.39. The lowest BCUT2D eigenvalue weighted by atomic mass is 10.1. The van der Waals surface area contributed by atoms with Gasteiger partial charge in [0.25, 0.3) is 0 Å². The van der Waals surface area contributed by atoms with E-state index in [-0.39, 0.29) is 11.4 Å². The Hall–Kier alpha value is -1.68. The van der Waals surface area contributed by atoms with Crippen LogP contribution in [0.1, 0.15) is 25.8 Å². The van der Waals surface area contributed by atoms with Crippen LogP contribution in [0, 0.1) is 5.92 Å². The Bertz CT molecular complexity index is 781. The molecule has 1 fully saturated rings. The molecule has 30 heavy (non-hydrogen) atoms. The zero-order chi connectivity index (χ0) is 22.0. The molecule has 2 rings (SSSR count). The number of aliphatic imine (C=N–C) groups is 1. The number of ether oxygens (including phenoxy) is 1. The molecule has 0 saturated carbocycles. The van der Waals surface area contributed by atoms with E-state index in [0.29, 0.717) is 19.1 Å². The molecular formula is C21H37N5O3S. The molecule has 0 aromatic heterocycles. The minimum Gasteiger partial charge on any atom is -0.383 e. The van der Waals surface area contributed by atoms with Crippen LogP contribution in [0.25, 0.3) is 0 Å². The summed E-state index contributed by atoms with van der Waals surface area (Å²) in [4.78, 5) is 9.45. The molecule has 1 aliphatic heterocycles. The van der Waals surface area contributed by atoms with Crippen LogP contribution in [0.4, 0.5) is 0 Å². The molecule has 0 bridgehead atoms. The van der Waals surface area contributed by atoms with E-state index < -0.39 is 10.0 Å². The highest BCUT2D eigenvalue weighted by Crippen LogP contribution is 2.18. The Morgan fingerprint density at radius 1 is 1.33 bits per heavy atom. The molecule has 1 heterocycles. The molecular weight excluding hydrogens is 402 g/mol. The van der Waals surface area contributed by atoms with Gasteiger partial charge in [-0.2, -0.15) is 0 Å². The van der Waals surface area contributed by atoms with Gasteiger partial charge in [-0.3, -0.25) is 4.99 Å². The van der Waals surface area contributed by atoms with E-state index in [4.69, 9.17) is 4.74 Å².